The first-order valence-corrected chi connectivity index (χ1v) is 3.35. The lowest BCUT2D eigenvalue weighted by molar-refractivity contribution is 0.242. The standard InChI is InChI=1S/C7H10FNO2/c8-7-2-1-6(5-11)9(7)3-4-10/h1-2,10-11H,3-5H2. The van der Waals surface area contributed by atoms with E-state index in [0.29, 0.717) is 5.69 Å². The Kier molecular flexibility index (Phi) is 2.62. The van der Waals surface area contributed by atoms with Crippen LogP contribution in [0.1, 0.15) is 5.69 Å². The van der Waals surface area contributed by atoms with Gasteiger partial charge in [0.2, 0.25) is 0 Å². The third kappa shape index (κ3) is 1.58. The Hall–Kier alpha value is -0.870. The van der Waals surface area contributed by atoms with Crippen LogP contribution in [0.2, 0.25) is 0 Å². The zero-order chi connectivity index (χ0) is 8.27. The SMILES string of the molecule is OCCn1c(F)ccc1CO. The van der Waals surface area contributed by atoms with Gasteiger partial charge in [-0.1, -0.05) is 0 Å². The molecule has 0 aliphatic heterocycles. The fourth-order valence-electron chi connectivity index (χ4n) is 0.971. The van der Waals surface area contributed by atoms with Gasteiger partial charge in [0.1, 0.15) is 0 Å². The minimum atomic E-state index is -0.428. The zero-order valence-electron chi connectivity index (χ0n) is 6.00. The maximum Gasteiger partial charge on any atom is 0.194 e. The second kappa shape index (κ2) is 3.50. The summed E-state index contributed by atoms with van der Waals surface area (Å²) in [6.07, 6.45) is 0. The molecule has 0 radical (unpaired) electrons. The summed E-state index contributed by atoms with van der Waals surface area (Å²) in [7, 11) is 0. The molecule has 0 amide bonds. The van der Waals surface area contributed by atoms with Crippen molar-refractivity contribution in [3.05, 3.63) is 23.8 Å². The molecule has 11 heavy (non-hydrogen) atoms. The van der Waals surface area contributed by atoms with Gasteiger partial charge < -0.3 is 14.8 Å². The number of hydrogen-bond donors (Lipinski definition) is 2. The van der Waals surface area contributed by atoms with Gasteiger partial charge in [0.15, 0.2) is 5.95 Å². The van der Waals surface area contributed by atoms with Crippen LogP contribution < -0.4 is 0 Å². The van der Waals surface area contributed by atoms with Crippen LogP contribution in [0.5, 0.6) is 0 Å². The van der Waals surface area contributed by atoms with E-state index in [4.69, 9.17) is 10.2 Å². The molecule has 1 rings (SSSR count). The molecule has 0 fully saturated rings. The van der Waals surface area contributed by atoms with Gasteiger partial charge in [-0.3, -0.25) is 0 Å². The van der Waals surface area contributed by atoms with Crippen molar-refractivity contribution in [2.24, 2.45) is 0 Å². The zero-order valence-corrected chi connectivity index (χ0v) is 6.00. The van der Waals surface area contributed by atoms with Crippen LogP contribution in [0.15, 0.2) is 12.1 Å². The van der Waals surface area contributed by atoms with E-state index in [0.717, 1.165) is 0 Å². The Morgan fingerprint density at radius 1 is 1.36 bits per heavy atom. The minimum Gasteiger partial charge on any atom is -0.395 e. The highest BCUT2D eigenvalue weighted by atomic mass is 19.1. The van der Waals surface area contributed by atoms with Crippen molar-refractivity contribution >= 4 is 0 Å². The topological polar surface area (TPSA) is 45.4 Å². The molecule has 0 spiro atoms. The van der Waals surface area contributed by atoms with E-state index >= 15 is 0 Å². The maximum atomic E-state index is 12.7. The highest BCUT2D eigenvalue weighted by Crippen LogP contribution is 2.06. The average Bonchev–Trinajstić information content (AvgIpc) is 2.34. The third-order valence-corrected chi connectivity index (χ3v) is 1.50. The van der Waals surface area contributed by atoms with Crippen molar-refractivity contribution in [2.75, 3.05) is 6.61 Å². The van der Waals surface area contributed by atoms with Crippen molar-refractivity contribution in [1.82, 2.24) is 4.57 Å². The molecule has 0 unspecified atom stereocenters. The van der Waals surface area contributed by atoms with E-state index in [2.05, 4.69) is 0 Å². The second-order valence-electron chi connectivity index (χ2n) is 2.18. The van der Waals surface area contributed by atoms with Gasteiger partial charge in [0, 0.05) is 12.2 Å². The van der Waals surface area contributed by atoms with Crippen LogP contribution in [-0.4, -0.2) is 21.4 Å². The van der Waals surface area contributed by atoms with Gasteiger partial charge in [0.25, 0.3) is 0 Å². The van der Waals surface area contributed by atoms with Crippen molar-refractivity contribution < 1.29 is 14.6 Å². The van der Waals surface area contributed by atoms with E-state index in [1.54, 1.807) is 0 Å². The third-order valence-electron chi connectivity index (χ3n) is 1.50. The molecule has 0 aromatic carbocycles. The molecule has 1 heterocycles. The molecule has 1 aromatic rings. The van der Waals surface area contributed by atoms with E-state index in [1.165, 1.54) is 16.7 Å². The van der Waals surface area contributed by atoms with Gasteiger partial charge in [-0.25, -0.2) is 0 Å². The number of aliphatic hydroxyl groups is 2. The molecular weight excluding hydrogens is 149 g/mol. The van der Waals surface area contributed by atoms with Crippen molar-refractivity contribution in [2.45, 2.75) is 13.2 Å². The molecule has 2 N–H and O–H groups in total. The van der Waals surface area contributed by atoms with Gasteiger partial charge in [-0.05, 0) is 12.1 Å². The van der Waals surface area contributed by atoms with Gasteiger partial charge in [-0.15, -0.1) is 0 Å². The Morgan fingerprint density at radius 3 is 2.64 bits per heavy atom. The molecular formula is C7H10FNO2. The van der Waals surface area contributed by atoms with Gasteiger partial charge in [0.05, 0.1) is 13.2 Å². The van der Waals surface area contributed by atoms with Crippen LogP contribution >= 0.6 is 0 Å². The lowest BCUT2D eigenvalue weighted by Crippen LogP contribution is -2.08. The predicted molar refractivity (Wildman–Crippen MR) is 37.4 cm³/mol. The summed E-state index contributed by atoms with van der Waals surface area (Å²) in [5, 5.41) is 17.2. The van der Waals surface area contributed by atoms with E-state index in [9.17, 15) is 4.39 Å². The summed E-state index contributed by atoms with van der Waals surface area (Å²) >= 11 is 0. The number of aromatic nitrogens is 1. The Bertz CT molecular complexity index is 234. The Morgan fingerprint density at radius 2 is 2.09 bits per heavy atom. The second-order valence-corrected chi connectivity index (χ2v) is 2.18. The summed E-state index contributed by atoms with van der Waals surface area (Å²) in [4.78, 5) is 0. The van der Waals surface area contributed by atoms with Crippen LogP contribution in [0.4, 0.5) is 4.39 Å². The first-order valence-electron chi connectivity index (χ1n) is 3.35. The van der Waals surface area contributed by atoms with Crippen LogP contribution in [0.25, 0.3) is 0 Å². The number of aliphatic hydroxyl groups excluding tert-OH is 2. The summed E-state index contributed by atoms with van der Waals surface area (Å²) in [5.41, 5.74) is 0.483. The van der Waals surface area contributed by atoms with Crippen molar-refractivity contribution in [3.63, 3.8) is 0 Å². The van der Waals surface area contributed by atoms with Gasteiger partial charge in [-0.2, -0.15) is 4.39 Å². The number of rotatable bonds is 3. The monoisotopic (exact) mass is 159 g/mol. The lowest BCUT2D eigenvalue weighted by atomic mass is 10.4. The van der Waals surface area contributed by atoms with Crippen molar-refractivity contribution in [3.8, 4) is 0 Å². The summed E-state index contributed by atoms with van der Waals surface area (Å²) in [6, 6.07) is 2.76. The average molecular weight is 159 g/mol. The fourth-order valence-corrected chi connectivity index (χ4v) is 0.971. The summed E-state index contributed by atoms with van der Waals surface area (Å²) < 4.78 is 14.0. The normalized spacial score (nSPS) is 10.5. The largest absolute Gasteiger partial charge is 0.395 e. The quantitative estimate of drug-likeness (QED) is 0.657. The Labute approximate surface area is 63.7 Å². The van der Waals surface area contributed by atoms with Crippen molar-refractivity contribution in [1.29, 1.82) is 0 Å². The van der Waals surface area contributed by atoms with Gasteiger partial charge >= 0.3 is 0 Å². The predicted octanol–water partition coefficient (Wildman–Crippen LogP) is 0.112. The van der Waals surface area contributed by atoms with E-state index in [-0.39, 0.29) is 19.8 Å². The first kappa shape index (κ1) is 8.23. The van der Waals surface area contributed by atoms with E-state index < -0.39 is 5.95 Å². The number of nitrogens with zero attached hydrogens (tertiary/aromatic N) is 1. The lowest BCUT2D eigenvalue weighted by Gasteiger charge is -2.04. The minimum absolute atomic E-state index is 0.126. The van der Waals surface area contributed by atoms with Crippen LogP contribution in [0.3, 0.4) is 0 Å². The molecule has 1 aromatic heterocycles. The molecule has 62 valence electrons. The fraction of sp³-hybridized carbons (Fsp3) is 0.429. The molecule has 0 bridgehead atoms. The number of halogens is 1. The molecule has 0 saturated heterocycles. The molecule has 0 atom stereocenters. The molecule has 3 nitrogen and oxygen atoms in total. The summed E-state index contributed by atoms with van der Waals surface area (Å²) in [5.74, 6) is -0.428. The molecule has 0 saturated carbocycles. The highest BCUT2D eigenvalue weighted by Gasteiger charge is 2.04. The van der Waals surface area contributed by atoms with E-state index in [1.807, 2.05) is 0 Å². The number of hydrogen-bond acceptors (Lipinski definition) is 2. The molecule has 0 aliphatic rings. The smallest absolute Gasteiger partial charge is 0.194 e. The molecule has 4 heteroatoms. The first-order chi connectivity index (χ1) is 5.29. The molecule has 0 aliphatic carbocycles. The Balaban J connectivity index is 2.88. The summed E-state index contributed by atoms with van der Waals surface area (Å²) in [6.45, 7) is -0.142. The van der Waals surface area contributed by atoms with Crippen LogP contribution in [-0.2, 0) is 13.2 Å². The maximum absolute atomic E-state index is 12.7. The van der Waals surface area contributed by atoms with Crippen LogP contribution in [0, 0.1) is 5.95 Å². The highest BCUT2D eigenvalue weighted by molar-refractivity contribution is 5.07.